The first-order chi connectivity index (χ1) is 12.7. The molecule has 0 aliphatic carbocycles. The number of hydrogen-bond acceptors (Lipinski definition) is 6. The molecule has 154 valence electrons. The third-order valence-electron chi connectivity index (χ3n) is 3.96. The molecule has 1 aromatic carbocycles. The van der Waals surface area contributed by atoms with Crippen molar-refractivity contribution in [1.82, 2.24) is 0 Å². The summed E-state index contributed by atoms with van der Waals surface area (Å²) in [6.07, 6.45) is 0. The molecule has 1 atom stereocenters. The summed E-state index contributed by atoms with van der Waals surface area (Å²) in [6, 6.07) is 8.92. The van der Waals surface area contributed by atoms with E-state index in [2.05, 4.69) is 19.6 Å². The topological polar surface area (TPSA) is 54.0 Å². The highest BCUT2D eigenvalue weighted by Gasteiger charge is 2.36. The number of ether oxygens (including phenoxy) is 4. The van der Waals surface area contributed by atoms with E-state index in [9.17, 15) is 4.79 Å². The first-order valence-electron chi connectivity index (χ1n) is 9.30. The van der Waals surface area contributed by atoms with Crippen molar-refractivity contribution < 1.29 is 23.7 Å². The molecule has 0 N–H and O–H groups in total. The Balaban J connectivity index is 2.53. The normalized spacial score (nSPS) is 13.9. The predicted molar refractivity (Wildman–Crippen MR) is 114 cm³/mol. The second kappa shape index (κ2) is 11.7. The van der Waals surface area contributed by atoms with Crippen LogP contribution in [-0.4, -0.2) is 52.5 Å². The summed E-state index contributed by atoms with van der Waals surface area (Å²) in [6.45, 7) is 12.1. The molecule has 1 aromatic rings. The van der Waals surface area contributed by atoms with Gasteiger partial charge in [-0.15, -0.1) is 11.8 Å². The molecule has 7 heteroatoms. The first-order valence-corrected chi connectivity index (χ1v) is 14.0. The van der Waals surface area contributed by atoms with Crippen LogP contribution >= 0.6 is 11.8 Å². The highest BCUT2D eigenvalue weighted by Crippen LogP contribution is 2.31. The van der Waals surface area contributed by atoms with Gasteiger partial charge >= 0.3 is 5.97 Å². The smallest absolute Gasteiger partial charge is 0.324 e. The van der Waals surface area contributed by atoms with Crippen LogP contribution in [0.2, 0.25) is 25.7 Å². The molecule has 0 saturated carbocycles. The van der Waals surface area contributed by atoms with Crippen LogP contribution in [0.5, 0.6) is 5.75 Å². The Labute approximate surface area is 169 Å². The molecule has 0 aliphatic heterocycles. The van der Waals surface area contributed by atoms with Crippen molar-refractivity contribution >= 4 is 25.8 Å². The van der Waals surface area contributed by atoms with Crippen LogP contribution in [0.15, 0.2) is 24.3 Å². The first kappa shape index (κ1) is 24.0. The van der Waals surface area contributed by atoms with Gasteiger partial charge in [0, 0.05) is 20.4 Å². The van der Waals surface area contributed by atoms with Gasteiger partial charge in [-0.25, -0.2) is 0 Å². The number of carbonyl (C=O) groups is 1. The lowest BCUT2D eigenvalue weighted by molar-refractivity contribution is -0.149. The molecule has 0 saturated heterocycles. The minimum Gasteiger partial charge on any atom is -0.497 e. The van der Waals surface area contributed by atoms with Gasteiger partial charge in [-0.05, 0) is 37.6 Å². The Bertz CT molecular complexity index is 558. The van der Waals surface area contributed by atoms with Crippen LogP contribution in [0, 0.1) is 0 Å². The summed E-state index contributed by atoms with van der Waals surface area (Å²) in [7, 11) is 0.536. The van der Waals surface area contributed by atoms with E-state index in [1.165, 1.54) is 11.8 Å². The van der Waals surface area contributed by atoms with Gasteiger partial charge in [-0.3, -0.25) is 4.79 Å². The Morgan fingerprint density at radius 3 is 2.37 bits per heavy atom. The van der Waals surface area contributed by atoms with E-state index in [1.54, 1.807) is 7.11 Å². The number of esters is 1. The second-order valence-electron chi connectivity index (χ2n) is 7.77. The highest BCUT2D eigenvalue weighted by atomic mass is 32.2. The fourth-order valence-electron chi connectivity index (χ4n) is 2.14. The lowest BCUT2D eigenvalue weighted by Crippen LogP contribution is -2.39. The molecule has 1 rings (SSSR count). The molecule has 0 aliphatic rings. The molecule has 0 unspecified atom stereocenters. The minimum atomic E-state index is -1.11. The Morgan fingerprint density at radius 1 is 1.15 bits per heavy atom. The van der Waals surface area contributed by atoms with Gasteiger partial charge in [0.05, 0.1) is 20.3 Å². The summed E-state index contributed by atoms with van der Waals surface area (Å²) in [5.41, 5.74) is 1.11. The van der Waals surface area contributed by atoms with Crippen molar-refractivity contribution in [2.24, 2.45) is 0 Å². The van der Waals surface area contributed by atoms with Gasteiger partial charge < -0.3 is 18.9 Å². The highest BCUT2D eigenvalue weighted by molar-refractivity contribution is 8.00. The van der Waals surface area contributed by atoms with E-state index in [0.717, 1.165) is 17.4 Å². The third kappa shape index (κ3) is 9.64. The molecule has 27 heavy (non-hydrogen) atoms. The van der Waals surface area contributed by atoms with Crippen LogP contribution in [0.1, 0.15) is 19.4 Å². The fourth-order valence-corrected chi connectivity index (χ4v) is 3.92. The molecule has 0 spiro atoms. The lowest BCUT2D eigenvalue weighted by atomic mass is 10.2. The molecule has 5 nitrogen and oxygen atoms in total. The standard InChI is InChI=1S/C20H34O5SSi/c1-7-25-19(21)20(2,15-24-16-23-12-13-27(4,5)6)26-14-17-8-10-18(22-3)11-9-17/h8-11H,7,12-16H2,1-6H3/t20-/m0/s1. The molecule has 0 bridgehead atoms. The Hall–Kier alpha value is -1.02. The molecule has 0 fully saturated rings. The number of rotatable bonds is 13. The largest absolute Gasteiger partial charge is 0.497 e. The van der Waals surface area contributed by atoms with E-state index in [1.807, 2.05) is 38.1 Å². The zero-order valence-corrected chi connectivity index (χ0v) is 19.3. The summed E-state index contributed by atoms with van der Waals surface area (Å²) in [5.74, 6) is 1.24. The van der Waals surface area contributed by atoms with Crippen LogP contribution in [0.3, 0.4) is 0 Å². The van der Waals surface area contributed by atoms with E-state index in [-0.39, 0.29) is 19.4 Å². The molecule has 0 radical (unpaired) electrons. The quantitative estimate of drug-likeness (QED) is 0.204. The van der Waals surface area contributed by atoms with Crippen molar-refractivity contribution in [2.75, 3.05) is 33.7 Å². The molecule has 0 aromatic heterocycles. The second-order valence-corrected chi connectivity index (χ2v) is 14.9. The van der Waals surface area contributed by atoms with Crippen molar-refractivity contribution in [2.45, 2.75) is 50.0 Å². The average molecular weight is 415 g/mol. The third-order valence-corrected chi connectivity index (χ3v) is 7.07. The molecular weight excluding hydrogens is 380 g/mol. The summed E-state index contributed by atoms with van der Waals surface area (Å²) < 4.78 is 20.9. The number of hydrogen-bond donors (Lipinski definition) is 0. The van der Waals surface area contributed by atoms with E-state index in [4.69, 9.17) is 18.9 Å². The minimum absolute atomic E-state index is 0.197. The summed E-state index contributed by atoms with van der Waals surface area (Å²) >= 11 is 1.52. The number of methoxy groups -OCH3 is 1. The van der Waals surface area contributed by atoms with Crippen molar-refractivity contribution in [3.63, 3.8) is 0 Å². The molecule has 0 amide bonds. The number of carbonyl (C=O) groups excluding carboxylic acids is 1. The van der Waals surface area contributed by atoms with Crippen LogP contribution in [0.25, 0.3) is 0 Å². The van der Waals surface area contributed by atoms with Crippen LogP contribution in [-0.2, 0) is 24.8 Å². The van der Waals surface area contributed by atoms with E-state index < -0.39 is 12.8 Å². The van der Waals surface area contributed by atoms with Crippen molar-refractivity contribution in [3.05, 3.63) is 29.8 Å². The van der Waals surface area contributed by atoms with Gasteiger partial charge in [0.25, 0.3) is 0 Å². The van der Waals surface area contributed by atoms with Crippen molar-refractivity contribution in [1.29, 1.82) is 0 Å². The zero-order chi connectivity index (χ0) is 20.3. The monoisotopic (exact) mass is 414 g/mol. The van der Waals surface area contributed by atoms with E-state index in [0.29, 0.717) is 19.0 Å². The molecular formula is C20H34O5SSi. The van der Waals surface area contributed by atoms with Gasteiger partial charge in [0.1, 0.15) is 17.3 Å². The SMILES string of the molecule is CCOC(=O)[C@](C)(COCOCC[Si](C)(C)C)SCc1ccc(OC)cc1. The van der Waals surface area contributed by atoms with E-state index >= 15 is 0 Å². The van der Waals surface area contributed by atoms with Crippen LogP contribution in [0.4, 0.5) is 0 Å². The van der Waals surface area contributed by atoms with Gasteiger partial charge in [0.15, 0.2) is 0 Å². The van der Waals surface area contributed by atoms with Crippen LogP contribution < -0.4 is 4.74 Å². The maximum atomic E-state index is 12.5. The summed E-state index contributed by atoms with van der Waals surface area (Å²) in [5, 5.41) is 0. The zero-order valence-electron chi connectivity index (χ0n) is 17.5. The number of thioether (sulfide) groups is 1. The lowest BCUT2D eigenvalue weighted by Gasteiger charge is -2.26. The predicted octanol–water partition coefficient (Wildman–Crippen LogP) is 4.58. The van der Waals surface area contributed by atoms with Crippen molar-refractivity contribution in [3.8, 4) is 5.75 Å². The average Bonchev–Trinajstić information content (AvgIpc) is 2.62. The van der Waals surface area contributed by atoms with Gasteiger partial charge in [-0.1, -0.05) is 31.8 Å². The maximum Gasteiger partial charge on any atom is 0.324 e. The fraction of sp³-hybridized carbons (Fsp3) is 0.650. The van der Waals surface area contributed by atoms with Gasteiger partial charge in [0.2, 0.25) is 0 Å². The molecule has 0 heterocycles. The number of benzene rings is 1. The maximum absolute atomic E-state index is 12.5. The Morgan fingerprint density at radius 2 is 1.81 bits per heavy atom. The summed E-state index contributed by atoms with van der Waals surface area (Å²) in [4.78, 5) is 12.5. The Kier molecular flexibility index (Phi) is 10.4. The van der Waals surface area contributed by atoms with Gasteiger partial charge in [-0.2, -0.15) is 0 Å².